The number of amides is 4. The van der Waals surface area contributed by atoms with Gasteiger partial charge >= 0.3 is 11.9 Å². The van der Waals surface area contributed by atoms with Crippen LogP contribution in [0.2, 0.25) is 0 Å². The summed E-state index contributed by atoms with van der Waals surface area (Å²) in [6.45, 7) is 7.20. The maximum absolute atomic E-state index is 12.9. The molecule has 0 aromatic rings. The summed E-state index contributed by atoms with van der Waals surface area (Å²) in [7, 11) is 0. The van der Waals surface area contributed by atoms with Gasteiger partial charge in [0.15, 0.2) is 0 Å². The number of hydrogen-bond donors (Lipinski definition) is 7. The fraction of sp³-hybridized carbons (Fsp3) is 0.714. The van der Waals surface area contributed by atoms with Gasteiger partial charge in [0.05, 0.1) is 12.5 Å². The van der Waals surface area contributed by atoms with E-state index in [1.54, 1.807) is 27.7 Å². The SMILES string of the molecule is CC(C)C[C@H](NC(=O)[C@H](CC(C)C)NC(=O)[C@@H](N)CC(=O)O)C(=O)N[C@@H](CCC(N)=O)C(=O)O. The summed E-state index contributed by atoms with van der Waals surface area (Å²) in [6.07, 6.45) is -0.740. The Kier molecular flexibility index (Phi) is 13.4. The molecular formula is C21H37N5O8. The van der Waals surface area contributed by atoms with Gasteiger partial charge in [0.1, 0.15) is 18.1 Å². The van der Waals surface area contributed by atoms with E-state index >= 15 is 0 Å². The van der Waals surface area contributed by atoms with E-state index in [4.69, 9.17) is 16.6 Å². The van der Waals surface area contributed by atoms with Crippen molar-refractivity contribution >= 4 is 35.6 Å². The highest BCUT2D eigenvalue weighted by atomic mass is 16.4. The molecule has 0 heterocycles. The van der Waals surface area contributed by atoms with E-state index < -0.39 is 66.2 Å². The minimum absolute atomic E-state index is 0.0469. The second-order valence-corrected chi connectivity index (χ2v) is 8.99. The molecule has 34 heavy (non-hydrogen) atoms. The maximum atomic E-state index is 12.9. The lowest BCUT2D eigenvalue weighted by Crippen LogP contribution is -2.57. The number of rotatable bonds is 16. The fourth-order valence-corrected chi connectivity index (χ4v) is 3.05. The molecule has 194 valence electrons. The predicted molar refractivity (Wildman–Crippen MR) is 121 cm³/mol. The van der Waals surface area contributed by atoms with Crippen LogP contribution in [-0.2, 0) is 28.8 Å². The lowest BCUT2D eigenvalue weighted by Gasteiger charge is -2.26. The molecule has 0 rings (SSSR count). The quantitative estimate of drug-likeness (QED) is 0.137. The van der Waals surface area contributed by atoms with Crippen molar-refractivity contribution in [1.82, 2.24) is 16.0 Å². The Morgan fingerprint density at radius 2 is 1.15 bits per heavy atom. The van der Waals surface area contributed by atoms with Crippen LogP contribution >= 0.6 is 0 Å². The number of nitrogens with one attached hydrogen (secondary N) is 3. The molecule has 4 atom stereocenters. The average molecular weight is 488 g/mol. The minimum Gasteiger partial charge on any atom is -0.481 e. The molecule has 0 aliphatic carbocycles. The van der Waals surface area contributed by atoms with Gasteiger partial charge in [-0.1, -0.05) is 27.7 Å². The molecule has 9 N–H and O–H groups in total. The average Bonchev–Trinajstić information content (AvgIpc) is 2.68. The van der Waals surface area contributed by atoms with E-state index in [2.05, 4.69) is 16.0 Å². The standard InChI is InChI=1S/C21H37N5O8/c1-10(2)7-14(25-18(30)12(22)9-17(28)29)20(32)26-15(8-11(3)4)19(31)24-13(21(33)34)5-6-16(23)27/h10-15H,5-9,22H2,1-4H3,(H2,23,27)(H,24,31)(H,25,30)(H,26,32)(H,28,29)(H,33,34)/t12-,13-,14-,15-/m0/s1. The van der Waals surface area contributed by atoms with Gasteiger partial charge in [-0.25, -0.2) is 4.79 Å². The normalized spacial score (nSPS) is 14.6. The Labute approximate surface area is 198 Å². The first-order chi connectivity index (χ1) is 15.6. The third kappa shape index (κ3) is 12.7. The zero-order valence-electron chi connectivity index (χ0n) is 20.0. The molecular weight excluding hydrogens is 450 g/mol. The van der Waals surface area contributed by atoms with Gasteiger partial charge in [-0.05, 0) is 31.1 Å². The summed E-state index contributed by atoms with van der Waals surface area (Å²) in [5.41, 5.74) is 10.6. The highest BCUT2D eigenvalue weighted by Crippen LogP contribution is 2.10. The minimum atomic E-state index is -1.38. The molecule has 0 unspecified atom stereocenters. The molecule has 0 aromatic carbocycles. The van der Waals surface area contributed by atoms with Gasteiger partial charge in [-0.15, -0.1) is 0 Å². The van der Waals surface area contributed by atoms with Crippen LogP contribution in [0.5, 0.6) is 0 Å². The second kappa shape index (κ2) is 14.8. The van der Waals surface area contributed by atoms with Crippen LogP contribution in [0, 0.1) is 11.8 Å². The Morgan fingerprint density at radius 3 is 1.50 bits per heavy atom. The molecule has 4 amide bonds. The molecule has 0 aromatic heterocycles. The predicted octanol–water partition coefficient (Wildman–Crippen LogP) is -1.31. The van der Waals surface area contributed by atoms with Crippen LogP contribution in [0.1, 0.15) is 59.8 Å². The summed E-state index contributed by atoms with van der Waals surface area (Å²) < 4.78 is 0. The van der Waals surface area contributed by atoms with Crippen molar-refractivity contribution in [3.8, 4) is 0 Å². The molecule has 0 bridgehead atoms. The topological polar surface area (TPSA) is 231 Å². The van der Waals surface area contributed by atoms with Crippen molar-refractivity contribution in [2.45, 2.75) is 84.0 Å². The number of carbonyl (C=O) groups is 6. The number of carboxylic acids is 2. The Bertz CT molecular complexity index is 755. The van der Waals surface area contributed by atoms with E-state index in [1.807, 2.05) is 0 Å². The number of aliphatic carboxylic acids is 2. The molecule has 0 saturated carbocycles. The number of hydrogen-bond acceptors (Lipinski definition) is 7. The van der Waals surface area contributed by atoms with Gasteiger partial charge < -0.3 is 37.6 Å². The van der Waals surface area contributed by atoms with Crippen molar-refractivity contribution in [2.75, 3.05) is 0 Å². The monoisotopic (exact) mass is 487 g/mol. The van der Waals surface area contributed by atoms with Crippen LogP contribution < -0.4 is 27.4 Å². The molecule has 13 heteroatoms. The van der Waals surface area contributed by atoms with E-state index in [1.165, 1.54) is 0 Å². The first kappa shape index (κ1) is 30.8. The summed E-state index contributed by atoms with van der Waals surface area (Å²) in [5.74, 6) is -5.76. The number of nitrogens with two attached hydrogens (primary N) is 2. The molecule has 0 fully saturated rings. The zero-order valence-corrected chi connectivity index (χ0v) is 20.0. The number of carbonyl (C=O) groups excluding carboxylic acids is 4. The van der Waals surface area contributed by atoms with Crippen molar-refractivity contribution in [1.29, 1.82) is 0 Å². The molecule has 0 spiro atoms. The van der Waals surface area contributed by atoms with Gasteiger partial charge in [0, 0.05) is 6.42 Å². The Hall–Kier alpha value is -3.22. The maximum Gasteiger partial charge on any atom is 0.326 e. The lowest BCUT2D eigenvalue weighted by molar-refractivity contribution is -0.142. The van der Waals surface area contributed by atoms with Crippen molar-refractivity contribution in [2.24, 2.45) is 23.3 Å². The summed E-state index contributed by atoms with van der Waals surface area (Å²) in [5, 5.41) is 25.4. The third-order valence-corrected chi connectivity index (χ3v) is 4.71. The fourth-order valence-electron chi connectivity index (χ4n) is 3.05. The second-order valence-electron chi connectivity index (χ2n) is 8.99. The highest BCUT2D eigenvalue weighted by molar-refractivity contribution is 5.94. The Morgan fingerprint density at radius 1 is 0.735 bits per heavy atom. The zero-order chi connectivity index (χ0) is 26.6. The number of primary amides is 1. The highest BCUT2D eigenvalue weighted by Gasteiger charge is 2.31. The van der Waals surface area contributed by atoms with Crippen LogP contribution in [0.25, 0.3) is 0 Å². The first-order valence-corrected chi connectivity index (χ1v) is 11.0. The van der Waals surface area contributed by atoms with E-state index in [9.17, 15) is 33.9 Å². The number of carboxylic acid groups (broad SMARTS) is 2. The van der Waals surface area contributed by atoms with Crippen molar-refractivity contribution < 1.29 is 39.0 Å². The molecule has 0 aliphatic rings. The smallest absolute Gasteiger partial charge is 0.326 e. The van der Waals surface area contributed by atoms with Crippen LogP contribution in [0.3, 0.4) is 0 Å². The molecule has 0 aliphatic heterocycles. The van der Waals surface area contributed by atoms with Crippen LogP contribution in [-0.4, -0.2) is 69.9 Å². The largest absolute Gasteiger partial charge is 0.481 e. The molecule has 0 radical (unpaired) electrons. The molecule has 13 nitrogen and oxygen atoms in total. The summed E-state index contributed by atoms with van der Waals surface area (Å²) >= 11 is 0. The van der Waals surface area contributed by atoms with Gasteiger partial charge in [-0.2, -0.15) is 0 Å². The van der Waals surface area contributed by atoms with Gasteiger partial charge in [0.25, 0.3) is 0 Å². The molecule has 0 saturated heterocycles. The van der Waals surface area contributed by atoms with E-state index in [-0.39, 0.29) is 37.5 Å². The van der Waals surface area contributed by atoms with E-state index in [0.717, 1.165) is 0 Å². The third-order valence-electron chi connectivity index (χ3n) is 4.71. The first-order valence-electron chi connectivity index (χ1n) is 11.0. The van der Waals surface area contributed by atoms with Crippen molar-refractivity contribution in [3.63, 3.8) is 0 Å². The van der Waals surface area contributed by atoms with Crippen LogP contribution in [0.15, 0.2) is 0 Å². The van der Waals surface area contributed by atoms with E-state index in [0.29, 0.717) is 0 Å². The van der Waals surface area contributed by atoms with Crippen molar-refractivity contribution in [3.05, 3.63) is 0 Å². The lowest BCUT2D eigenvalue weighted by atomic mass is 9.99. The van der Waals surface area contributed by atoms with Crippen LogP contribution in [0.4, 0.5) is 0 Å². The summed E-state index contributed by atoms with van der Waals surface area (Å²) in [6, 6.07) is -4.97. The Balaban J connectivity index is 5.52. The van der Waals surface area contributed by atoms with Gasteiger partial charge in [-0.3, -0.25) is 24.0 Å². The van der Waals surface area contributed by atoms with Gasteiger partial charge in [0.2, 0.25) is 23.6 Å². The summed E-state index contributed by atoms with van der Waals surface area (Å²) in [4.78, 5) is 71.2.